The summed E-state index contributed by atoms with van der Waals surface area (Å²) in [4.78, 5) is 52.3. The molecule has 0 saturated carbocycles. The van der Waals surface area contributed by atoms with Crippen molar-refractivity contribution in [2.45, 2.75) is 77.9 Å². The molecule has 0 N–H and O–H groups in total. The van der Waals surface area contributed by atoms with Crippen molar-refractivity contribution in [1.29, 1.82) is 0 Å². The topological polar surface area (TPSA) is 145 Å². The molecule has 38 heavy (non-hydrogen) atoms. The third-order valence-corrected chi connectivity index (χ3v) is 5.86. The molecular formula is C26H33N3O9. The zero-order chi connectivity index (χ0) is 27.8. The van der Waals surface area contributed by atoms with Crippen molar-refractivity contribution in [3.8, 4) is 11.4 Å². The molecule has 206 valence electrons. The van der Waals surface area contributed by atoms with Crippen LogP contribution in [0.4, 0.5) is 0 Å². The van der Waals surface area contributed by atoms with Gasteiger partial charge in [0.2, 0.25) is 5.82 Å². The van der Waals surface area contributed by atoms with Crippen LogP contribution in [-0.4, -0.2) is 70.7 Å². The molecule has 1 aliphatic rings. The van der Waals surface area contributed by atoms with Crippen LogP contribution in [0, 0.1) is 0 Å². The van der Waals surface area contributed by atoms with Gasteiger partial charge < -0.3 is 23.7 Å². The first-order valence-corrected chi connectivity index (χ1v) is 12.4. The van der Waals surface area contributed by atoms with Crippen molar-refractivity contribution in [1.82, 2.24) is 14.8 Å². The van der Waals surface area contributed by atoms with Gasteiger partial charge in [0.1, 0.15) is 12.7 Å². The van der Waals surface area contributed by atoms with Gasteiger partial charge in [0.25, 0.3) is 0 Å². The molecule has 0 radical (unpaired) electrons. The number of rotatable bonds is 11. The zero-order valence-corrected chi connectivity index (χ0v) is 22.2. The second-order valence-corrected chi connectivity index (χ2v) is 8.86. The van der Waals surface area contributed by atoms with Crippen LogP contribution in [0.3, 0.4) is 0 Å². The summed E-state index contributed by atoms with van der Waals surface area (Å²) in [5.41, 5.74) is 1.81. The molecule has 12 nitrogen and oxygen atoms in total. The number of nitrogens with zero attached hydrogens (tertiary/aromatic N) is 3. The van der Waals surface area contributed by atoms with Crippen LogP contribution >= 0.6 is 0 Å². The lowest BCUT2D eigenvalue weighted by molar-refractivity contribution is -0.166. The third kappa shape index (κ3) is 7.15. The van der Waals surface area contributed by atoms with E-state index in [1.165, 1.54) is 33.4 Å². The minimum Gasteiger partial charge on any atom is -0.463 e. The van der Waals surface area contributed by atoms with Gasteiger partial charge in [0.15, 0.2) is 24.3 Å². The van der Waals surface area contributed by atoms with E-state index in [-0.39, 0.29) is 18.3 Å². The Morgan fingerprint density at radius 1 is 0.947 bits per heavy atom. The molecule has 0 aliphatic carbocycles. The fourth-order valence-electron chi connectivity index (χ4n) is 4.14. The summed E-state index contributed by atoms with van der Waals surface area (Å²) in [6.45, 7) is 5.43. The molecule has 3 rings (SSSR count). The highest BCUT2D eigenvalue weighted by Crippen LogP contribution is 2.35. The van der Waals surface area contributed by atoms with E-state index in [9.17, 15) is 19.2 Å². The Morgan fingerprint density at radius 3 is 2.18 bits per heavy atom. The minimum absolute atomic E-state index is 0.211. The van der Waals surface area contributed by atoms with Gasteiger partial charge in [0.05, 0.1) is 7.11 Å². The number of aromatic nitrogens is 3. The Morgan fingerprint density at radius 2 is 1.61 bits per heavy atom. The largest absolute Gasteiger partial charge is 0.463 e. The average Bonchev–Trinajstić information content (AvgIpc) is 3.44. The molecule has 1 saturated heterocycles. The van der Waals surface area contributed by atoms with Gasteiger partial charge in [-0.15, -0.1) is 5.10 Å². The van der Waals surface area contributed by atoms with Crippen molar-refractivity contribution in [3.05, 3.63) is 35.7 Å². The fourth-order valence-corrected chi connectivity index (χ4v) is 4.14. The van der Waals surface area contributed by atoms with Crippen LogP contribution in [0.2, 0.25) is 0 Å². The molecule has 1 aromatic carbocycles. The molecule has 4 atom stereocenters. The number of esters is 4. The van der Waals surface area contributed by atoms with Crippen molar-refractivity contribution < 1.29 is 42.9 Å². The normalized spacial score (nSPS) is 20.6. The molecule has 1 aromatic heterocycles. The Labute approximate surface area is 220 Å². The second-order valence-electron chi connectivity index (χ2n) is 8.86. The number of ether oxygens (including phenoxy) is 5. The van der Waals surface area contributed by atoms with Gasteiger partial charge >= 0.3 is 23.9 Å². The van der Waals surface area contributed by atoms with E-state index in [0.717, 1.165) is 30.4 Å². The highest BCUT2D eigenvalue weighted by atomic mass is 16.7. The first-order chi connectivity index (χ1) is 18.1. The summed E-state index contributed by atoms with van der Waals surface area (Å²) in [5.74, 6) is -2.76. The molecule has 12 heteroatoms. The van der Waals surface area contributed by atoms with E-state index < -0.39 is 48.4 Å². The molecule has 2 aromatic rings. The van der Waals surface area contributed by atoms with Crippen LogP contribution in [0.5, 0.6) is 0 Å². The van der Waals surface area contributed by atoms with Gasteiger partial charge in [-0.3, -0.25) is 14.4 Å². The summed E-state index contributed by atoms with van der Waals surface area (Å²) in [6, 6.07) is 7.66. The predicted octanol–water partition coefficient (Wildman–Crippen LogP) is 2.79. The van der Waals surface area contributed by atoms with E-state index in [4.69, 9.17) is 23.7 Å². The SMILES string of the molecule is CCCCCc1ccc(-c2nc(C(=O)OC)n([C@@H]3O[C@H](COC(C)=O)[C@@H](OC(C)=O)[C@H]3OC(C)=O)n2)cc1. The number of aryl methyl sites for hydroxylation is 1. The Balaban J connectivity index is 2.00. The molecule has 1 fully saturated rings. The van der Waals surface area contributed by atoms with Crippen LogP contribution < -0.4 is 0 Å². The predicted molar refractivity (Wildman–Crippen MR) is 132 cm³/mol. The fraction of sp³-hybridized carbons (Fsp3) is 0.538. The lowest BCUT2D eigenvalue weighted by Crippen LogP contribution is -2.41. The van der Waals surface area contributed by atoms with Gasteiger partial charge in [-0.2, -0.15) is 0 Å². The zero-order valence-electron chi connectivity index (χ0n) is 22.2. The first-order valence-electron chi connectivity index (χ1n) is 12.4. The van der Waals surface area contributed by atoms with E-state index >= 15 is 0 Å². The third-order valence-electron chi connectivity index (χ3n) is 5.86. The maximum atomic E-state index is 12.7. The van der Waals surface area contributed by atoms with Crippen LogP contribution in [0.25, 0.3) is 11.4 Å². The summed E-state index contributed by atoms with van der Waals surface area (Å²) < 4.78 is 27.9. The van der Waals surface area contributed by atoms with E-state index in [0.29, 0.717) is 5.56 Å². The number of unbranched alkanes of at least 4 members (excludes halogenated alkanes) is 2. The van der Waals surface area contributed by atoms with Crippen LogP contribution in [0.1, 0.15) is 69.4 Å². The molecule has 2 heterocycles. The summed E-state index contributed by atoms with van der Waals surface area (Å²) in [7, 11) is 1.19. The van der Waals surface area contributed by atoms with Crippen LogP contribution in [-0.2, 0) is 44.5 Å². The monoisotopic (exact) mass is 531 g/mol. The van der Waals surface area contributed by atoms with Gasteiger partial charge in [-0.25, -0.2) is 14.5 Å². The molecule has 0 amide bonds. The van der Waals surface area contributed by atoms with Gasteiger partial charge in [0, 0.05) is 26.3 Å². The smallest absolute Gasteiger partial charge is 0.375 e. The highest BCUT2D eigenvalue weighted by molar-refractivity contribution is 5.86. The molecule has 1 aliphatic heterocycles. The summed E-state index contributed by atoms with van der Waals surface area (Å²) in [6.07, 6.45) is -0.322. The first kappa shape index (κ1) is 28.8. The summed E-state index contributed by atoms with van der Waals surface area (Å²) >= 11 is 0. The quantitative estimate of drug-likeness (QED) is 0.240. The summed E-state index contributed by atoms with van der Waals surface area (Å²) in [5, 5.41) is 4.48. The number of benzene rings is 1. The lowest BCUT2D eigenvalue weighted by Gasteiger charge is -2.23. The maximum Gasteiger partial charge on any atom is 0.375 e. The Hall–Kier alpha value is -3.80. The van der Waals surface area contributed by atoms with Gasteiger partial charge in [-0.1, -0.05) is 44.0 Å². The second kappa shape index (κ2) is 13.1. The van der Waals surface area contributed by atoms with Crippen molar-refractivity contribution >= 4 is 23.9 Å². The minimum atomic E-state index is -1.24. The number of carbonyl (C=O) groups is 4. The molecule has 0 spiro atoms. The number of carbonyl (C=O) groups excluding carboxylic acids is 4. The van der Waals surface area contributed by atoms with E-state index in [1.807, 2.05) is 24.3 Å². The maximum absolute atomic E-state index is 12.7. The molecule has 0 bridgehead atoms. The van der Waals surface area contributed by atoms with E-state index in [1.54, 1.807) is 0 Å². The number of methoxy groups -OCH3 is 1. The van der Waals surface area contributed by atoms with Crippen molar-refractivity contribution in [2.24, 2.45) is 0 Å². The number of hydrogen-bond donors (Lipinski definition) is 0. The van der Waals surface area contributed by atoms with E-state index in [2.05, 4.69) is 17.0 Å². The Kier molecular flexibility index (Phi) is 9.94. The van der Waals surface area contributed by atoms with Crippen LogP contribution in [0.15, 0.2) is 24.3 Å². The lowest BCUT2D eigenvalue weighted by atomic mass is 10.1. The average molecular weight is 532 g/mol. The number of hydrogen-bond acceptors (Lipinski definition) is 11. The van der Waals surface area contributed by atoms with Gasteiger partial charge in [-0.05, 0) is 18.4 Å². The standard InChI is InChI=1S/C26H33N3O9/c1-6-7-8-9-18-10-12-19(13-11-18)23-27-24(26(33)34-5)29(28-23)25-22(37-17(4)32)21(36-16(3)31)20(38-25)14-35-15(2)30/h10-13,20-22,25H,6-9,14H2,1-5H3/t20-,21-,22-,25-/m1/s1. The Bertz CT molecular complexity index is 1150. The van der Waals surface area contributed by atoms with Crippen molar-refractivity contribution in [2.75, 3.05) is 13.7 Å². The van der Waals surface area contributed by atoms with Crippen molar-refractivity contribution in [3.63, 3.8) is 0 Å². The molecular weight excluding hydrogens is 498 g/mol. The molecule has 0 unspecified atom stereocenters. The highest BCUT2D eigenvalue weighted by Gasteiger charge is 2.52.